The van der Waals surface area contributed by atoms with Crippen molar-refractivity contribution in [3.05, 3.63) is 0 Å². The minimum atomic E-state index is -0.186. The van der Waals surface area contributed by atoms with E-state index in [4.69, 9.17) is 0 Å². The first-order valence-corrected chi connectivity index (χ1v) is 6.86. The Morgan fingerprint density at radius 1 is 1.43 bits per heavy atom. The van der Waals surface area contributed by atoms with Crippen LogP contribution in [0.15, 0.2) is 0 Å². The molecule has 0 spiro atoms. The maximum atomic E-state index is 10.8. The summed E-state index contributed by atoms with van der Waals surface area (Å²) in [7, 11) is 1.38. The average Bonchev–Trinajstić information content (AvgIpc) is 2.22. The normalized spacial score (nSPS) is 9.57. The molecule has 14 heavy (non-hydrogen) atoms. The zero-order valence-corrected chi connectivity index (χ0v) is 11.0. The number of rotatable bonds is 7. The van der Waals surface area contributed by atoms with E-state index >= 15 is 0 Å². The summed E-state index contributed by atoms with van der Waals surface area (Å²) < 4.78 is 4.98. The highest BCUT2D eigenvalue weighted by molar-refractivity contribution is 14.1. The van der Waals surface area contributed by atoms with E-state index in [9.17, 15) is 9.59 Å². The smallest absolute Gasteiger partial charge is 0.306 e. The number of ether oxygens (including phenoxy) is 1. The molecule has 0 saturated heterocycles. The first kappa shape index (κ1) is 14.0. The van der Waals surface area contributed by atoms with Crippen LogP contribution in [0, 0.1) is 0 Å². The van der Waals surface area contributed by atoms with Crippen molar-refractivity contribution in [3.8, 4) is 0 Å². The van der Waals surface area contributed by atoms with Crippen molar-refractivity contribution in [3.63, 3.8) is 0 Å². The lowest BCUT2D eigenvalue weighted by atomic mass is 10.5. The number of hydrogen-bond acceptors (Lipinski definition) is 4. The van der Waals surface area contributed by atoms with Gasteiger partial charge in [-0.15, -0.1) is 0 Å². The summed E-state index contributed by atoms with van der Waals surface area (Å²) in [5.74, 6) is 1.44. The molecule has 0 radical (unpaired) electrons. The van der Waals surface area contributed by atoms with E-state index in [1.54, 1.807) is 11.8 Å². The van der Waals surface area contributed by atoms with E-state index in [-0.39, 0.29) is 11.9 Å². The van der Waals surface area contributed by atoms with E-state index in [0.29, 0.717) is 17.4 Å². The number of amides is 1. The van der Waals surface area contributed by atoms with Crippen LogP contribution in [0.25, 0.3) is 0 Å². The fourth-order valence-corrected chi connectivity index (χ4v) is 1.70. The van der Waals surface area contributed by atoms with Gasteiger partial charge in [-0.2, -0.15) is 11.8 Å². The van der Waals surface area contributed by atoms with Crippen molar-refractivity contribution >= 4 is 46.2 Å². The number of carbonyl (C=O) groups excluding carboxylic acids is 2. The Hall–Kier alpha value is 0.0200. The number of methoxy groups -OCH3 is 1. The Morgan fingerprint density at radius 2 is 2.14 bits per heavy atom. The Bertz CT molecular complexity index is 169. The Kier molecular flexibility index (Phi) is 9.58. The van der Waals surface area contributed by atoms with Gasteiger partial charge in [-0.1, -0.05) is 22.6 Å². The first-order valence-electron chi connectivity index (χ1n) is 4.18. The summed E-state index contributed by atoms with van der Waals surface area (Å²) in [6.07, 6.45) is 0.432. The summed E-state index contributed by atoms with van der Waals surface area (Å²) in [6, 6.07) is 0. The van der Waals surface area contributed by atoms with Gasteiger partial charge in [0, 0.05) is 18.1 Å². The van der Waals surface area contributed by atoms with Crippen molar-refractivity contribution in [2.45, 2.75) is 6.42 Å². The van der Waals surface area contributed by atoms with Crippen LogP contribution in [0.5, 0.6) is 0 Å². The molecule has 0 aliphatic heterocycles. The average molecular weight is 331 g/mol. The van der Waals surface area contributed by atoms with Gasteiger partial charge >= 0.3 is 5.97 Å². The van der Waals surface area contributed by atoms with Gasteiger partial charge in [-0.25, -0.2) is 0 Å². The largest absolute Gasteiger partial charge is 0.469 e. The molecule has 0 aromatic rings. The molecule has 0 heterocycles. The molecule has 0 fully saturated rings. The molecule has 0 unspecified atom stereocenters. The van der Waals surface area contributed by atoms with Gasteiger partial charge in [0.15, 0.2) is 0 Å². The molecule has 0 bridgehead atoms. The topological polar surface area (TPSA) is 55.4 Å². The maximum absolute atomic E-state index is 10.8. The van der Waals surface area contributed by atoms with Gasteiger partial charge in [0.25, 0.3) is 0 Å². The van der Waals surface area contributed by atoms with E-state index in [0.717, 1.165) is 11.5 Å². The zero-order chi connectivity index (χ0) is 10.8. The fraction of sp³-hybridized carbons (Fsp3) is 0.750. The van der Waals surface area contributed by atoms with Crippen molar-refractivity contribution in [2.24, 2.45) is 0 Å². The molecule has 82 valence electrons. The number of halogens is 1. The van der Waals surface area contributed by atoms with E-state index < -0.39 is 0 Å². The number of nitrogens with one attached hydrogen (secondary N) is 1. The van der Waals surface area contributed by atoms with Crippen LogP contribution in [0.1, 0.15) is 6.42 Å². The van der Waals surface area contributed by atoms with Crippen LogP contribution >= 0.6 is 34.4 Å². The van der Waals surface area contributed by atoms with Crippen molar-refractivity contribution in [1.82, 2.24) is 5.32 Å². The molecule has 0 aliphatic carbocycles. The van der Waals surface area contributed by atoms with Gasteiger partial charge in [0.05, 0.1) is 18.0 Å². The predicted octanol–water partition coefficient (Wildman–Crippen LogP) is 0.834. The first-order chi connectivity index (χ1) is 6.70. The molecule has 0 aromatic heterocycles. The molecule has 6 heteroatoms. The molecule has 0 atom stereocenters. The van der Waals surface area contributed by atoms with E-state index in [2.05, 4.69) is 10.1 Å². The minimum Gasteiger partial charge on any atom is -0.469 e. The molecule has 4 nitrogen and oxygen atoms in total. The summed E-state index contributed by atoms with van der Waals surface area (Å²) >= 11 is 3.65. The monoisotopic (exact) mass is 331 g/mol. The maximum Gasteiger partial charge on any atom is 0.306 e. The van der Waals surface area contributed by atoms with Crippen LogP contribution in [-0.4, -0.2) is 41.5 Å². The molecule has 0 rings (SSSR count). The number of alkyl halides is 1. The molecule has 0 saturated carbocycles. The SMILES string of the molecule is COC(=O)CCSCCNC(=O)CI. The second kappa shape index (κ2) is 9.57. The predicted molar refractivity (Wildman–Crippen MR) is 65.9 cm³/mol. The molecule has 0 aromatic carbocycles. The Labute approximate surface area is 102 Å². The number of thioether (sulfide) groups is 1. The Balaban J connectivity index is 3.14. The van der Waals surface area contributed by atoms with Crippen molar-refractivity contribution in [1.29, 1.82) is 0 Å². The lowest BCUT2D eigenvalue weighted by Gasteiger charge is -2.02. The van der Waals surface area contributed by atoms with E-state index in [1.807, 2.05) is 22.6 Å². The molecule has 1 amide bonds. The highest BCUT2D eigenvalue weighted by atomic mass is 127. The third kappa shape index (κ3) is 8.61. The van der Waals surface area contributed by atoms with Crippen LogP contribution in [0.3, 0.4) is 0 Å². The second-order valence-corrected chi connectivity index (χ2v) is 4.41. The van der Waals surface area contributed by atoms with Gasteiger partial charge in [-0.05, 0) is 0 Å². The second-order valence-electron chi connectivity index (χ2n) is 2.42. The van der Waals surface area contributed by atoms with Crippen molar-refractivity contribution < 1.29 is 14.3 Å². The molecule has 1 N–H and O–H groups in total. The van der Waals surface area contributed by atoms with Crippen LogP contribution in [0.2, 0.25) is 0 Å². The summed E-state index contributed by atoms with van der Waals surface area (Å²) in [5, 5.41) is 2.75. The molecule has 0 aliphatic rings. The lowest BCUT2D eigenvalue weighted by molar-refractivity contribution is -0.140. The third-order valence-electron chi connectivity index (χ3n) is 1.37. The summed E-state index contributed by atoms with van der Waals surface area (Å²) in [6.45, 7) is 0.660. The van der Waals surface area contributed by atoms with Crippen LogP contribution in [-0.2, 0) is 14.3 Å². The summed E-state index contributed by atoms with van der Waals surface area (Å²) in [4.78, 5) is 21.5. The number of hydrogen-bond donors (Lipinski definition) is 1. The lowest BCUT2D eigenvalue weighted by Crippen LogP contribution is -2.26. The summed E-state index contributed by atoms with van der Waals surface area (Å²) in [5.41, 5.74) is 0. The van der Waals surface area contributed by atoms with Gasteiger partial charge in [-0.3, -0.25) is 9.59 Å². The van der Waals surface area contributed by atoms with E-state index in [1.165, 1.54) is 7.11 Å². The van der Waals surface area contributed by atoms with Crippen LogP contribution < -0.4 is 5.32 Å². The number of carbonyl (C=O) groups is 2. The van der Waals surface area contributed by atoms with Crippen molar-refractivity contribution in [2.75, 3.05) is 29.6 Å². The van der Waals surface area contributed by atoms with Gasteiger partial charge < -0.3 is 10.1 Å². The van der Waals surface area contributed by atoms with Crippen LogP contribution in [0.4, 0.5) is 0 Å². The standard InChI is InChI=1S/C8H14INO3S/c1-13-8(12)2-4-14-5-3-10-7(11)6-9/h2-6H2,1H3,(H,10,11). The van der Waals surface area contributed by atoms with Gasteiger partial charge in [0.1, 0.15) is 0 Å². The highest BCUT2D eigenvalue weighted by Gasteiger charge is 2.00. The Morgan fingerprint density at radius 3 is 2.71 bits per heavy atom. The quantitative estimate of drug-likeness (QED) is 0.325. The van der Waals surface area contributed by atoms with Gasteiger partial charge in [0.2, 0.25) is 5.91 Å². The molecular weight excluding hydrogens is 317 g/mol. The number of esters is 1. The highest BCUT2D eigenvalue weighted by Crippen LogP contribution is 2.01. The molecular formula is C8H14INO3S. The zero-order valence-electron chi connectivity index (χ0n) is 8.05. The fourth-order valence-electron chi connectivity index (χ4n) is 0.669. The minimum absolute atomic E-state index is 0.0548. The third-order valence-corrected chi connectivity index (χ3v) is 3.05.